The van der Waals surface area contributed by atoms with Gasteiger partial charge in [0.15, 0.2) is 11.5 Å². The van der Waals surface area contributed by atoms with E-state index in [1.807, 2.05) is 12.1 Å². The highest BCUT2D eigenvalue weighted by molar-refractivity contribution is 5.61. The van der Waals surface area contributed by atoms with E-state index in [1.165, 1.54) is 5.56 Å². The summed E-state index contributed by atoms with van der Waals surface area (Å²) >= 11 is 0. The molecule has 1 saturated heterocycles. The molecular formula is C17H19NO4. The van der Waals surface area contributed by atoms with E-state index in [-0.39, 0.29) is 36.0 Å². The third-order valence-electron chi connectivity index (χ3n) is 6.17. The maximum Gasteiger partial charge on any atom is 0.165 e. The van der Waals surface area contributed by atoms with Crippen LogP contribution in [0.25, 0.3) is 0 Å². The summed E-state index contributed by atoms with van der Waals surface area (Å²) in [6.45, 7) is 0.839. The van der Waals surface area contributed by atoms with Gasteiger partial charge in [-0.2, -0.15) is 0 Å². The van der Waals surface area contributed by atoms with Gasteiger partial charge >= 0.3 is 0 Å². The molecule has 1 aromatic carbocycles. The first-order valence-electron chi connectivity index (χ1n) is 7.90. The van der Waals surface area contributed by atoms with Crippen LogP contribution in [0.1, 0.15) is 17.5 Å². The summed E-state index contributed by atoms with van der Waals surface area (Å²) in [6.07, 6.45) is 4.58. The number of phenolic OH excluding ortho intramolecular Hbond substituents is 1. The first kappa shape index (κ1) is 12.9. The lowest BCUT2D eigenvalue weighted by atomic mass is 9.53. The molecule has 5 atom stereocenters. The highest BCUT2D eigenvalue weighted by atomic mass is 16.5. The molecular weight excluding hydrogens is 282 g/mol. The Morgan fingerprint density at radius 3 is 3.00 bits per heavy atom. The predicted octanol–water partition coefficient (Wildman–Crippen LogP) is 0.518. The van der Waals surface area contributed by atoms with E-state index < -0.39 is 6.10 Å². The van der Waals surface area contributed by atoms with Gasteiger partial charge in [0.25, 0.3) is 0 Å². The summed E-state index contributed by atoms with van der Waals surface area (Å²) < 4.78 is 6.06. The van der Waals surface area contributed by atoms with Crippen LogP contribution in [-0.4, -0.2) is 51.7 Å². The van der Waals surface area contributed by atoms with E-state index in [2.05, 4.69) is 11.0 Å². The molecule has 0 unspecified atom stereocenters. The lowest BCUT2D eigenvalue weighted by Crippen LogP contribution is -2.65. The molecule has 116 valence electrons. The zero-order valence-electron chi connectivity index (χ0n) is 12.1. The molecule has 2 bridgehead atoms. The summed E-state index contributed by atoms with van der Waals surface area (Å²) in [5.41, 5.74) is 2.00. The molecule has 0 aromatic heterocycles. The van der Waals surface area contributed by atoms with Gasteiger partial charge in [-0.25, -0.2) is 0 Å². The van der Waals surface area contributed by atoms with Crippen molar-refractivity contribution in [2.75, 3.05) is 13.3 Å². The van der Waals surface area contributed by atoms with Gasteiger partial charge in [0.2, 0.25) is 0 Å². The molecule has 22 heavy (non-hydrogen) atoms. The molecule has 3 N–H and O–H groups in total. The zero-order valence-corrected chi connectivity index (χ0v) is 12.1. The molecule has 4 aliphatic rings. The number of benzene rings is 1. The van der Waals surface area contributed by atoms with Crippen molar-refractivity contribution in [3.63, 3.8) is 0 Å². The minimum Gasteiger partial charge on any atom is -0.504 e. The Hall–Kier alpha value is -1.56. The lowest BCUT2D eigenvalue weighted by Gasteiger charge is -2.56. The molecule has 0 saturated carbocycles. The van der Waals surface area contributed by atoms with Crippen molar-refractivity contribution in [3.05, 3.63) is 35.4 Å². The second kappa shape index (κ2) is 4.04. The van der Waals surface area contributed by atoms with E-state index in [0.29, 0.717) is 5.75 Å². The van der Waals surface area contributed by atoms with Crippen LogP contribution in [0, 0.1) is 5.92 Å². The van der Waals surface area contributed by atoms with Gasteiger partial charge in [0, 0.05) is 29.5 Å². The zero-order chi connectivity index (χ0) is 15.1. The maximum atomic E-state index is 10.4. The van der Waals surface area contributed by atoms with Gasteiger partial charge < -0.3 is 20.1 Å². The number of aliphatic hydroxyl groups excluding tert-OH is 2. The average molecular weight is 301 g/mol. The minimum atomic E-state index is -0.657. The molecule has 2 aliphatic heterocycles. The number of aromatic hydroxyl groups is 1. The Labute approximate surface area is 128 Å². The highest BCUT2D eigenvalue weighted by Crippen LogP contribution is 2.62. The van der Waals surface area contributed by atoms with Crippen LogP contribution < -0.4 is 4.74 Å². The molecule has 5 nitrogen and oxygen atoms in total. The van der Waals surface area contributed by atoms with Gasteiger partial charge in [-0.1, -0.05) is 18.2 Å². The van der Waals surface area contributed by atoms with Crippen LogP contribution in [0.2, 0.25) is 0 Å². The fourth-order valence-corrected chi connectivity index (χ4v) is 5.31. The fourth-order valence-electron chi connectivity index (χ4n) is 5.31. The molecule has 5 rings (SSSR count). The lowest BCUT2D eigenvalue weighted by molar-refractivity contribution is -0.0712. The van der Waals surface area contributed by atoms with Gasteiger partial charge in [0.05, 0.1) is 6.73 Å². The molecule has 5 heteroatoms. The van der Waals surface area contributed by atoms with Crippen LogP contribution in [0.4, 0.5) is 0 Å². The Morgan fingerprint density at radius 2 is 2.18 bits per heavy atom. The summed E-state index contributed by atoms with van der Waals surface area (Å²) in [4.78, 5) is 2.11. The first-order valence-corrected chi connectivity index (χ1v) is 7.90. The number of aliphatic hydroxyl groups is 2. The topological polar surface area (TPSA) is 73.2 Å². The predicted molar refractivity (Wildman–Crippen MR) is 78.7 cm³/mol. The van der Waals surface area contributed by atoms with Crippen LogP contribution in [0.5, 0.6) is 11.5 Å². The van der Waals surface area contributed by atoms with Gasteiger partial charge in [-0.3, -0.25) is 4.90 Å². The second-order valence-corrected chi connectivity index (χ2v) is 6.90. The molecule has 0 radical (unpaired) electrons. The van der Waals surface area contributed by atoms with Crippen molar-refractivity contribution in [1.82, 2.24) is 4.90 Å². The number of rotatable bonds is 1. The third kappa shape index (κ3) is 1.27. The molecule has 2 aliphatic carbocycles. The van der Waals surface area contributed by atoms with Crippen molar-refractivity contribution in [2.45, 2.75) is 36.5 Å². The maximum absolute atomic E-state index is 10.4. The number of nitrogens with zero attached hydrogens (tertiary/aromatic N) is 1. The standard InChI is InChI=1S/C17H19NO4/c19-8-18-6-5-17-10-2-4-13(21)16(17)22-15-12(20)3-1-9(14(15)17)7-11(10)18/h1-4,10-11,13,16,19-21H,5-8H2/t10-,11+,13-,16+,17-/m1/s1. The van der Waals surface area contributed by atoms with Gasteiger partial charge in [-0.05, 0) is 24.5 Å². The smallest absolute Gasteiger partial charge is 0.165 e. The molecule has 1 aromatic rings. The number of hydrogen-bond donors (Lipinski definition) is 3. The summed E-state index contributed by atoms with van der Waals surface area (Å²) in [7, 11) is 0. The molecule has 1 fully saturated rings. The van der Waals surface area contributed by atoms with Crippen LogP contribution in [0.3, 0.4) is 0 Å². The monoisotopic (exact) mass is 301 g/mol. The van der Waals surface area contributed by atoms with Crippen molar-refractivity contribution >= 4 is 0 Å². The van der Waals surface area contributed by atoms with Gasteiger partial charge in [0.1, 0.15) is 12.2 Å². The quantitative estimate of drug-likeness (QED) is 0.660. The van der Waals surface area contributed by atoms with Crippen molar-refractivity contribution in [2.24, 2.45) is 5.92 Å². The SMILES string of the molecule is OCN1CC[C@@]23c4c5ccc(O)c4O[C@H]2[C@H](O)C=C[C@@H]3[C@@H]1C5. The van der Waals surface area contributed by atoms with E-state index >= 15 is 0 Å². The van der Waals surface area contributed by atoms with E-state index in [4.69, 9.17) is 4.74 Å². The summed E-state index contributed by atoms with van der Waals surface area (Å²) in [5.74, 6) is 0.931. The van der Waals surface area contributed by atoms with E-state index in [9.17, 15) is 15.3 Å². The molecule has 1 spiro atoms. The Balaban J connectivity index is 1.80. The molecule has 2 heterocycles. The van der Waals surface area contributed by atoms with Crippen LogP contribution in [0.15, 0.2) is 24.3 Å². The Morgan fingerprint density at radius 1 is 1.32 bits per heavy atom. The average Bonchev–Trinajstić information content (AvgIpc) is 2.87. The third-order valence-corrected chi connectivity index (χ3v) is 6.17. The van der Waals surface area contributed by atoms with Crippen molar-refractivity contribution < 1.29 is 20.1 Å². The second-order valence-electron chi connectivity index (χ2n) is 6.90. The van der Waals surface area contributed by atoms with Crippen LogP contribution >= 0.6 is 0 Å². The summed E-state index contributed by atoms with van der Waals surface area (Å²) in [6, 6.07) is 3.87. The highest BCUT2D eigenvalue weighted by Gasteiger charge is 2.64. The van der Waals surface area contributed by atoms with E-state index in [0.717, 1.165) is 24.9 Å². The van der Waals surface area contributed by atoms with Gasteiger partial charge in [-0.15, -0.1) is 0 Å². The van der Waals surface area contributed by atoms with E-state index in [1.54, 1.807) is 6.07 Å². The normalized spacial score (nSPS) is 41.2. The van der Waals surface area contributed by atoms with Crippen LogP contribution in [-0.2, 0) is 11.8 Å². The number of phenols is 1. The number of hydrogen-bond acceptors (Lipinski definition) is 5. The molecule has 0 amide bonds. The number of likely N-dealkylation sites (tertiary alicyclic amines) is 1. The fraction of sp³-hybridized carbons (Fsp3) is 0.529. The number of piperidine rings is 1. The first-order chi connectivity index (χ1) is 10.7. The summed E-state index contributed by atoms with van der Waals surface area (Å²) in [5, 5.41) is 30.4. The van der Waals surface area contributed by atoms with Crippen molar-refractivity contribution in [1.29, 1.82) is 0 Å². The minimum absolute atomic E-state index is 0.0550. The largest absolute Gasteiger partial charge is 0.504 e. The Kier molecular flexibility index (Phi) is 2.38. The number of ether oxygens (including phenoxy) is 1. The Bertz CT molecular complexity index is 687. The van der Waals surface area contributed by atoms with Crippen molar-refractivity contribution in [3.8, 4) is 11.5 Å².